The van der Waals surface area contributed by atoms with Crippen LogP contribution >= 0.6 is 27.7 Å². The van der Waals surface area contributed by atoms with Crippen LogP contribution in [-0.2, 0) is 11.3 Å². The second-order valence-electron chi connectivity index (χ2n) is 7.00. The summed E-state index contributed by atoms with van der Waals surface area (Å²) in [5.41, 5.74) is 2.67. The number of aromatic nitrogens is 3. The third-order valence-corrected chi connectivity index (χ3v) is 6.21. The molecule has 164 valence electrons. The van der Waals surface area contributed by atoms with E-state index in [0.717, 1.165) is 32.8 Å². The fourth-order valence-electron chi connectivity index (χ4n) is 3.13. The lowest BCUT2D eigenvalue weighted by atomic mass is 10.2. The van der Waals surface area contributed by atoms with Crippen LogP contribution in [0.5, 0.6) is 5.75 Å². The molecule has 4 aromatic rings. The Hall–Kier alpha value is -3.04. The number of rotatable bonds is 8. The van der Waals surface area contributed by atoms with Crippen LogP contribution in [0.1, 0.15) is 11.3 Å². The van der Waals surface area contributed by atoms with Crippen LogP contribution in [0.3, 0.4) is 0 Å². The van der Waals surface area contributed by atoms with Crippen LogP contribution in [-0.4, -0.2) is 33.5 Å². The summed E-state index contributed by atoms with van der Waals surface area (Å²) in [6.07, 6.45) is 1.63. The topological polar surface area (TPSA) is 82.2 Å². The summed E-state index contributed by atoms with van der Waals surface area (Å²) < 4.78 is 13.7. The van der Waals surface area contributed by atoms with Crippen molar-refractivity contribution in [3.63, 3.8) is 0 Å². The molecule has 2 aromatic carbocycles. The number of carbonyl (C=O) groups is 1. The van der Waals surface area contributed by atoms with Gasteiger partial charge in [0.15, 0.2) is 11.0 Å². The van der Waals surface area contributed by atoms with Crippen LogP contribution in [0.25, 0.3) is 11.4 Å². The second kappa shape index (κ2) is 10.1. The highest BCUT2D eigenvalue weighted by Gasteiger charge is 2.17. The van der Waals surface area contributed by atoms with E-state index in [0.29, 0.717) is 17.5 Å². The highest BCUT2D eigenvalue weighted by Crippen LogP contribution is 2.27. The maximum atomic E-state index is 12.6. The van der Waals surface area contributed by atoms with Gasteiger partial charge in [0.25, 0.3) is 0 Å². The maximum Gasteiger partial charge on any atom is 0.234 e. The van der Waals surface area contributed by atoms with E-state index in [4.69, 9.17) is 9.15 Å². The SMILES string of the molecule is COc1ccc(-c2nnc(SCC(=O)Nc3ccc(Br)cc3C)n2Cc2ccco2)cc1. The molecule has 0 saturated carbocycles. The number of thioether (sulfide) groups is 1. The highest BCUT2D eigenvalue weighted by atomic mass is 79.9. The van der Waals surface area contributed by atoms with Gasteiger partial charge in [-0.15, -0.1) is 10.2 Å². The van der Waals surface area contributed by atoms with Crippen LogP contribution in [0.15, 0.2) is 74.9 Å². The molecule has 0 radical (unpaired) electrons. The number of anilines is 1. The molecule has 32 heavy (non-hydrogen) atoms. The first-order valence-corrected chi connectivity index (χ1v) is 11.6. The van der Waals surface area contributed by atoms with E-state index in [2.05, 4.69) is 31.4 Å². The standard InChI is InChI=1S/C23H21BrN4O3S/c1-15-12-17(24)7-10-20(15)25-21(29)14-32-23-27-26-22(16-5-8-18(30-2)9-6-16)28(23)13-19-4-3-11-31-19/h3-12H,13-14H2,1-2H3,(H,25,29). The van der Waals surface area contributed by atoms with Crippen LogP contribution < -0.4 is 10.1 Å². The van der Waals surface area contributed by atoms with Gasteiger partial charge in [0.2, 0.25) is 5.91 Å². The smallest absolute Gasteiger partial charge is 0.234 e. The Kier molecular flexibility index (Phi) is 6.96. The van der Waals surface area contributed by atoms with E-state index in [1.54, 1.807) is 13.4 Å². The van der Waals surface area contributed by atoms with Crippen molar-refractivity contribution in [1.82, 2.24) is 14.8 Å². The van der Waals surface area contributed by atoms with Crippen molar-refractivity contribution in [3.8, 4) is 17.1 Å². The minimum atomic E-state index is -0.112. The van der Waals surface area contributed by atoms with Crippen LogP contribution in [0.2, 0.25) is 0 Å². The van der Waals surface area contributed by atoms with Gasteiger partial charge in [-0.05, 0) is 67.1 Å². The fraction of sp³-hybridized carbons (Fsp3) is 0.174. The third-order valence-electron chi connectivity index (χ3n) is 4.75. The lowest BCUT2D eigenvalue weighted by molar-refractivity contribution is -0.113. The zero-order valence-electron chi connectivity index (χ0n) is 17.5. The first kappa shape index (κ1) is 22.2. The van der Waals surface area contributed by atoms with Crippen LogP contribution in [0.4, 0.5) is 5.69 Å². The maximum absolute atomic E-state index is 12.6. The third kappa shape index (κ3) is 5.23. The molecule has 0 atom stereocenters. The Bertz CT molecular complexity index is 1210. The summed E-state index contributed by atoms with van der Waals surface area (Å²) in [6, 6.07) is 17.1. The van der Waals surface area contributed by atoms with Gasteiger partial charge in [-0.25, -0.2) is 0 Å². The number of nitrogens with one attached hydrogen (secondary N) is 1. The molecule has 1 amide bonds. The van der Waals surface area contributed by atoms with Crippen molar-refractivity contribution in [1.29, 1.82) is 0 Å². The molecule has 0 bridgehead atoms. The summed E-state index contributed by atoms with van der Waals surface area (Å²) in [5.74, 6) is 2.32. The van der Waals surface area contributed by atoms with E-state index in [-0.39, 0.29) is 11.7 Å². The van der Waals surface area contributed by atoms with Gasteiger partial charge < -0.3 is 14.5 Å². The molecular weight excluding hydrogens is 492 g/mol. The fourth-order valence-corrected chi connectivity index (χ4v) is 4.35. The van der Waals surface area contributed by atoms with E-state index >= 15 is 0 Å². The van der Waals surface area contributed by atoms with Crippen molar-refractivity contribution in [3.05, 3.63) is 76.7 Å². The van der Waals surface area contributed by atoms with Gasteiger partial charge in [0.05, 0.1) is 25.7 Å². The Morgan fingerprint density at radius 3 is 2.69 bits per heavy atom. The molecule has 2 aromatic heterocycles. The van der Waals surface area contributed by atoms with Gasteiger partial charge in [-0.1, -0.05) is 27.7 Å². The monoisotopic (exact) mass is 512 g/mol. The van der Waals surface area contributed by atoms with Crippen LogP contribution in [0, 0.1) is 6.92 Å². The summed E-state index contributed by atoms with van der Waals surface area (Å²) in [7, 11) is 1.63. The molecule has 0 aliphatic heterocycles. The normalized spacial score (nSPS) is 10.8. The zero-order valence-corrected chi connectivity index (χ0v) is 19.9. The van der Waals surface area contributed by atoms with E-state index in [1.807, 2.05) is 66.1 Å². The average molecular weight is 513 g/mol. The Labute approximate surface area is 198 Å². The lowest BCUT2D eigenvalue weighted by Gasteiger charge is -2.10. The Balaban J connectivity index is 1.53. The molecule has 0 fully saturated rings. The molecule has 2 heterocycles. The predicted molar refractivity (Wildman–Crippen MR) is 128 cm³/mol. The second-order valence-corrected chi connectivity index (χ2v) is 8.85. The number of nitrogens with zero attached hydrogens (tertiary/aromatic N) is 3. The number of hydrogen-bond acceptors (Lipinski definition) is 6. The van der Waals surface area contributed by atoms with E-state index in [1.165, 1.54) is 11.8 Å². The number of aryl methyl sites for hydroxylation is 1. The summed E-state index contributed by atoms with van der Waals surface area (Å²) >= 11 is 4.77. The molecule has 0 unspecified atom stereocenters. The number of furan rings is 1. The molecule has 0 aliphatic carbocycles. The van der Waals surface area contributed by atoms with Gasteiger partial charge in [-0.3, -0.25) is 9.36 Å². The quantitative estimate of drug-likeness (QED) is 0.318. The molecule has 7 nitrogen and oxygen atoms in total. The van der Waals surface area contributed by atoms with Gasteiger partial charge in [0, 0.05) is 15.7 Å². The number of hydrogen-bond donors (Lipinski definition) is 1. The van der Waals surface area contributed by atoms with Gasteiger partial charge >= 0.3 is 0 Å². The summed E-state index contributed by atoms with van der Waals surface area (Å²) in [6.45, 7) is 2.41. The minimum absolute atomic E-state index is 0.112. The highest BCUT2D eigenvalue weighted by molar-refractivity contribution is 9.10. The molecule has 1 N–H and O–H groups in total. The lowest BCUT2D eigenvalue weighted by Crippen LogP contribution is -2.15. The molecule has 4 rings (SSSR count). The molecule has 0 aliphatic rings. The molecule has 0 saturated heterocycles. The first-order valence-electron chi connectivity index (χ1n) is 9.82. The number of methoxy groups -OCH3 is 1. The van der Waals surface area contributed by atoms with Crippen molar-refractivity contribution < 1.29 is 13.9 Å². The van der Waals surface area contributed by atoms with Gasteiger partial charge in [-0.2, -0.15) is 0 Å². The molecular formula is C23H21BrN4O3S. The number of benzene rings is 2. The summed E-state index contributed by atoms with van der Waals surface area (Å²) in [4.78, 5) is 12.6. The summed E-state index contributed by atoms with van der Waals surface area (Å²) in [5, 5.41) is 12.3. The first-order chi connectivity index (χ1) is 15.5. The number of amides is 1. The molecule has 9 heteroatoms. The van der Waals surface area contributed by atoms with Crippen molar-refractivity contribution in [2.75, 3.05) is 18.2 Å². The zero-order chi connectivity index (χ0) is 22.5. The van der Waals surface area contributed by atoms with E-state index < -0.39 is 0 Å². The largest absolute Gasteiger partial charge is 0.497 e. The average Bonchev–Trinajstić information content (AvgIpc) is 3.45. The Morgan fingerprint density at radius 2 is 2.00 bits per heavy atom. The molecule has 0 spiro atoms. The Morgan fingerprint density at radius 1 is 1.19 bits per heavy atom. The number of ether oxygens (including phenoxy) is 1. The van der Waals surface area contributed by atoms with Crippen molar-refractivity contribution in [2.24, 2.45) is 0 Å². The van der Waals surface area contributed by atoms with Crippen molar-refractivity contribution >= 4 is 39.3 Å². The van der Waals surface area contributed by atoms with E-state index in [9.17, 15) is 4.79 Å². The van der Waals surface area contributed by atoms with Gasteiger partial charge in [0.1, 0.15) is 11.5 Å². The predicted octanol–water partition coefficient (Wildman–Crippen LogP) is 5.40. The van der Waals surface area contributed by atoms with Crippen molar-refractivity contribution in [2.45, 2.75) is 18.6 Å². The number of carbonyl (C=O) groups excluding carboxylic acids is 1. The number of halogens is 1. The minimum Gasteiger partial charge on any atom is -0.497 e.